The van der Waals surface area contributed by atoms with Crippen molar-refractivity contribution in [3.8, 4) is 17.2 Å². The Morgan fingerprint density at radius 1 is 1.09 bits per heavy atom. The number of rotatable bonds is 9. The van der Waals surface area contributed by atoms with Crippen LogP contribution < -0.4 is 15.8 Å². The van der Waals surface area contributed by atoms with Crippen LogP contribution in [0.2, 0.25) is 0 Å². The number of amides is 2. The molecule has 190 valence electrons. The zero-order valence-electron chi connectivity index (χ0n) is 20.3. The molecule has 0 heterocycles. The fourth-order valence-corrected chi connectivity index (χ4v) is 4.63. The van der Waals surface area contributed by atoms with E-state index in [4.69, 9.17) is 15.2 Å². The molecule has 0 aliphatic rings. The second kappa shape index (κ2) is 11.9. The fourth-order valence-electron chi connectivity index (χ4n) is 3.19. The molecule has 0 aliphatic heterocycles. The van der Waals surface area contributed by atoms with Gasteiger partial charge < -0.3 is 25.6 Å². The Balaban J connectivity index is 2.16. The minimum absolute atomic E-state index is 0.0632. The smallest absolute Gasteiger partial charge is 0.329 e. The zero-order chi connectivity index (χ0) is 26.5. The normalized spacial score (nSPS) is 12.2. The Kier molecular flexibility index (Phi) is 9.74. The molecule has 4 N–H and O–H groups in total. The first-order valence-corrected chi connectivity index (χ1v) is 12.5. The highest BCUT2D eigenvalue weighted by atomic mass is 79.9. The van der Waals surface area contributed by atoms with Gasteiger partial charge in [0, 0.05) is 5.56 Å². The lowest BCUT2D eigenvalue weighted by Gasteiger charge is -2.24. The summed E-state index contributed by atoms with van der Waals surface area (Å²) in [6.45, 7) is 9.01. The summed E-state index contributed by atoms with van der Waals surface area (Å²) in [5.74, 6) is -0.582. The molecule has 1 atom stereocenters. The van der Waals surface area contributed by atoms with Gasteiger partial charge in [-0.2, -0.15) is 0 Å². The standard InChI is InChI=1S/C25H30Br2N2O6/c1-13(2)16-11-15(6-7-20(16)30)34-23-17(26)8-14(9-18(23)27)10-22(32)29-19(12-21(28)31)24(33)35-25(3,4)5/h6-9,11,13,19,30H,10,12H2,1-5H3,(H2,28,31)(H,29,32)/t19-/m0/s1. The Hall–Kier alpha value is -2.59. The first kappa shape index (κ1) is 28.6. The maximum atomic E-state index is 12.6. The van der Waals surface area contributed by atoms with Crippen molar-refractivity contribution < 1.29 is 29.0 Å². The van der Waals surface area contributed by atoms with Gasteiger partial charge in [-0.05, 0) is 94.4 Å². The number of hydrogen-bond acceptors (Lipinski definition) is 6. The summed E-state index contributed by atoms with van der Waals surface area (Å²) < 4.78 is 12.5. The molecule has 0 saturated carbocycles. The number of benzene rings is 2. The Morgan fingerprint density at radius 2 is 1.69 bits per heavy atom. The quantitative estimate of drug-likeness (QED) is 0.339. The van der Waals surface area contributed by atoms with Crippen LogP contribution in [0.25, 0.3) is 0 Å². The van der Waals surface area contributed by atoms with Gasteiger partial charge in [0.1, 0.15) is 23.1 Å². The zero-order valence-corrected chi connectivity index (χ0v) is 23.4. The highest BCUT2D eigenvalue weighted by molar-refractivity contribution is 9.11. The van der Waals surface area contributed by atoms with Crippen molar-refractivity contribution in [3.63, 3.8) is 0 Å². The number of esters is 1. The van der Waals surface area contributed by atoms with E-state index in [2.05, 4.69) is 37.2 Å². The number of nitrogens with one attached hydrogen (secondary N) is 1. The Bertz CT molecular complexity index is 1090. The first-order valence-electron chi connectivity index (χ1n) is 11.0. The van der Waals surface area contributed by atoms with E-state index < -0.39 is 29.4 Å². The van der Waals surface area contributed by atoms with Gasteiger partial charge in [-0.25, -0.2) is 4.79 Å². The summed E-state index contributed by atoms with van der Waals surface area (Å²) in [6.07, 6.45) is -0.432. The molecule has 0 fully saturated rings. The molecule has 10 heteroatoms. The third-order valence-corrected chi connectivity index (χ3v) is 5.87. The maximum absolute atomic E-state index is 12.6. The van der Waals surface area contributed by atoms with Crippen LogP contribution in [-0.4, -0.2) is 34.5 Å². The van der Waals surface area contributed by atoms with Crippen molar-refractivity contribution in [3.05, 3.63) is 50.4 Å². The average Bonchev–Trinajstić information content (AvgIpc) is 2.69. The molecule has 0 saturated heterocycles. The van der Waals surface area contributed by atoms with E-state index in [1.807, 2.05) is 13.8 Å². The SMILES string of the molecule is CC(C)c1cc(Oc2c(Br)cc(CC(=O)N[C@@H](CC(N)=O)C(=O)OC(C)(C)C)cc2Br)ccc1O. The molecule has 35 heavy (non-hydrogen) atoms. The van der Waals surface area contributed by atoms with Gasteiger partial charge in [-0.15, -0.1) is 0 Å². The number of carbonyl (C=O) groups excluding carboxylic acids is 3. The Morgan fingerprint density at radius 3 is 2.20 bits per heavy atom. The summed E-state index contributed by atoms with van der Waals surface area (Å²) in [6, 6.07) is 7.28. The van der Waals surface area contributed by atoms with E-state index in [0.717, 1.165) is 5.56 Å². The van der Waals surface area contributed by atoms with Crippen LogP contribution in [0.15, 0.2) is 39.3 Å². The van der Waals surface area contributed by atoms with Crippen molar-refractivity contribution in [1.29, 1.82) is 0 Å². The number of carbonyl (C=O) groups is 3. The highest BCUT2D eigenvalue weighted by Crippen LogP contribution is 2.39. The number of phenols is 1. The second-order valence-corrected chi connectivity index (χ2v) is 11.1. The fraction of sp³-hybridized carbons (Fsp3) is 0.400. The topological polar surface area (TPSA) is 128 Å². The van der Waals surface area contributed by atoms with Crippen molar-refractivity contribution in [2.24, 2.45) is 5.73 Å². The van der Waals surface area contributed by atoms with Crippen molar-refractivity contribution in [2.75, 3.05) is 0 Å². The Labute approximate surface area is 221 Å². The van der Waals surface area contributed by atoms with E-state index in [-0.39, 0.29) is 24.5 Å². The summed E-state index contributed by atoms with van der Waals surface area (Å²) in [5, 5.41) is 12.6. The first-order chi connectivity index (χ1) is 16.2. The molecule has 0 radical (unpaired) electrons. The molecule has 0 aliphatic carbocycles. The molecule has 8 nitrogen and oxygen atoms in total. The van der Waals surface area contributed by atoms with E-state index in [0.29, 0.717) is 26.0 Å². The van der Waals surface area contributed by atoms with Crippen LogP contribution in [0.5, 0.6) is 17.2 Å². The summed E-state index contributed by atoms with van der Waals surface area (Å²) in [4.78, 5) is 36.4. The maximum Gasteiger partial charge on any atom is 0.329 e. The van der Waals surface area contributed by atoms with Crippen LogP contribution in [0.3, 0.4) is 0 Å². The molecule has 2 aromatic carbocycles. The lowest BCUT2D eigenvalue weighted by atomic mass is 10.0. The van der Waals surface area contributed by atoms with Gasteiger partial charge in [0.05, 0.1) is 21.8 Å². The molecule has 2 amide bonds. The van der Waals surface area contributed by atoms with Crippen LogP contribution in [0.4, 0.5) is 0 Å². The molecule has 2 rings (SSSR count). The van der Waals surface area contributed by atoms with Gasteiger partial charge in [0.2, 0.25) is 11.8 Å². The van der Waals surface area contributed by atoms with Crippen LogP contribution in [0, 0.1) is 0 Å². The third kappa shape index (κ3) is 8.85. The van der Waals surface area contributed by atoms with Crippen LogP contribution >= 0.6 is 31.9 Å². The average molecular weight is 614 g/mol. The van der Waals surface area contributed by atoms with E-state index >= 15 is 0 Å². The molecule has 0 spiro atoms. The van der Waals surface area contributed by atoms with E-state index in [1.54, 1.807) is 51.1 Å². The predicted molar refractivity (Wildman–Crippen MR) is 139 cm³/mol. The van der Waals surface area contributed by atoms with Gasteiger partial charge in [0.25, 0.3) is 0 Å². The van der Waals surface area contributed by atoms with Gasteiger partial charge in [-0.3, -0.25) is 9.59 Å². The van der Waals surface area contributed by atoms with Crippen molar-refractivity contribution in [1.82, 2.24) is 5.32 Å². The molecule has 2 aromatic rings. The number of aromatic hydroxyl groups is 1. The number of primary amides is 1. The lowest BCUT2D eigenvalue weighted by Crippen LogP contribution is -2.46. The second-order valence-electron chi connectivity index (χ2n) is 9.37. The molecule has 0 bridgehead atoms. The molecule has 0 aromatic heterocycles. The number of hydrogen-bond donors (Lipinski definition) is 3. The number of nitrogens with two attached hydrogens (primary N) is 1. The lowest BCUT2D eigenvalue weighted by molar-refractivity contribution is -0.159. The van der Waals surface area contributed by atoms with Crippen molar-refractivity contribution >= 4 is 49.6 Å². The van der Waals surface area contributed by atoms with E-state index in [1.165, 1.54) is 0 Å². The van der Waals surface area contributed by atoms with Crippen molar-refractivity contribution in [2.45, 2.75) is 65.0 Å². The number of halogens is 2. The monoisotopic (exact) mass is 612 g/mol. The van der Waals surface area contributed by atoms with Gasteiger partial charge in [-0.1, -0.05) is 13.8 Å². The minimum atomic E-state index is -1.18. The third-order valence-electron chi connectivity index (χ3n) is 4.70. The minimum Gasteiger partial charge on any atom is -0.508 e. The predicted octanol–water partition coefficient (Wildman–Crippen LogP) is 5.08. The molecular formula is C25H30Br2N2O6. The van der Waals surface area contributed by atoms with Crippen LogP contribution in [-0.2, 0) is 25.5 Å². The summed E-state index contributed by atoms with van der Waals surface area (Å²) in [7, 11) is 0. The highest BCUT2D eigenvalue weighted by Gasteiger charge is 2.28. The summed E-state index contributed by atoms with van der Waals surface area (Å²) >= 11 is 6.95. The van der Waals surface area contributed by atoms with Crippen LogP contribution in [0.1, 0.15) is 58.1 Å². The van der Waals surface area contributed by atoms with E-state index in [9.17, 15) is 19.5 Å². The summed E-state index contributed by atoms with van der Waals surface area (Å²) in [5.41, 5.74) is 5.85. The van der Waals surface area contributed by atoms with Gasteiger partial charge >= 0.3 is 5.97 Å². The number of phenolic OH excluding ortho intramolecular Hbond substituents is 1. The number of ether oxygens (including phenoxy) is 2. The molecule has 0 unspecified atom stereocenters. The largest absolute Gasteiger partial charge is 0.508 e. The molecular weight excluding hydrogens is 584 g/mol. The van der Waals surface area contributed by atoms with Gasteiger partial charge in [0.15, 0.2) is 5.75 Å².